The minimum absolute atomic E-state index is 0.257. The quantitative estimate of drug-likeness (QED) is 0.705. The van der Waals surface area contributed by atoms with Crippen LogP contribution in [-0.2, 0) is 0 Å². The van der Waals surface area contributed by atoms with Crippen molar-refractivity contribution in [1.82, 2.24) is 15.2 Å². The van der Waals surface area contributed by atoms with Crippen molar-refractivity contribution >= 4 is 11.0 Å². The van der Waals surface area contributed by atoms with Crippen LogP contribution in [0.4, 0.5) is 13.2 Å². The lowest BCUT2D eigenvalue weighted by molar-refractivity contribution is -0.271. The summed E-state index contributed by atoms with van der Waals surface area (Å²) in [4.78, 5) is 2.91. The Kier molecular flexibility index (Phi) is 4.75. The van der Waals surface area contributed by atoms with Gasteiger partial charge < -0.3 is 10.1 Å². The Bertz CT molecular complexity index is 843. The van der Waals surface area contributed by atoms with Crippen molar-refractivity contribution in [3.05, 3.63) is 59.9 Å². The largest absolute Gasteiger partial charge is 0.418 e. The van der Waals surface area contributed by atoms with Gasteiger partial charge in [0.1, 0.15) is 0 Å². The van der Waals surface area contributed by atoms with Crippen molar-refractivity contribution in [3.63, 3.8) is 0 Å². The maximum Gasteiger partial charge on any atom is 0.418 e. The van der Waals surface area contributed by atoms with E-state index in [0.717, 1.165) is 0 Å². The van der Waals surface area contributed by atoms with Crippen molar-refractivity contribution in [2.45, 2.75) is 38.0 Å². The molecule has 1 aromatic carbocycles. The number of hydrogen-bond donors (Lipinski definition) is 2. The number of halogens is 3. The highest BCUT2D eigenvalue weighted by molar-refractivity contribution is 5.76. The van der Waals surface area contributed by atoms with Gasteiger partial charge in [-0.3, -0.25) is 0 Å². The van der Waals surface area contributed by atoms with Crippen molar-refractivity contribution in [2.24, 2.45) is 5.92 Å². The summed E-state index contributed by atoms with van der Waals surface area (Å²) in [6.45, 7) is 3.32. The summed E-state index contributed by atoms with van der Waals surface area (Å²) in [5.41, 5.74) is -1.89. The lowest BCUT2D eigenvalue weighted by Gasteiger charge is -2.39. The van der Waals surface area contributed by atoms with Gasteiger partial charge in [0.25, 0.3) is 0 Å². The van der Waals surface area contributed by atoms with Crippen LogP contribution in [0.3, 0.4) is 0 Å². The van der Waals surface area contributed by atoms with Crippen molar-refractivity contribution in [2.75, 3.05) is 0 Å². The van der Waals surface area contributed by atoms with E-state index in [1.54, 1.807) is 56.3 Å². The van der Waals surface area contributed by atoms with Crippen LogP contribution < -0.4 is 0 Å². The summed E-state index contributed by atoms with van der Waals surface area (Å²) in [5, 5.41) is 19.2. The van der Waals surface area contributed by atoms with E-state index in [1.165, 1.54) is 6.20 Å². The first-order valence-electron chi connectivity index (χ1n) is 8.36. The molecule has 3 aromatic rings. The summed E-state index contributed by atoms with van der Waals surface area (Å²) in [6, 6.07) is 11.5. The van der Waals surface area contributed by atoms with E-state index in [-0.39, 0.29) is 11.6 Å². The number of aromatic amines is 1. The molecule has 0 aliphatic carbocycles. The molecule has 2 heterocycles. The van der Waals surface area contributed by atoms with Crippen LogP contribution in [-0.4, -0.2) is 32.1 Å². The molecule has 0 saturated carbocycles. The SMILES string of the molecule is CC(C)CC(O)(C(c1ccccc1)c1cc2ccnnc2[nH]1)C(F)(F)F. The van der Waals surface area contributed by atoms with E-state index >= 15 is 0 Å². The van der Waals surface area contributed by atoms with E-state index in [9.17, 15) is 18.3 Å². The molecule has 3 rings (SSSR count). The monoisotopic (exact) mass is 363 g/mol. The number of alkyl halides is 3. The molecule has 138 valence electrons. The Morgan fingerprint density at radius 2 is 1.81 bits per heavy atom. The fourth-order valence-corrected chi connectivity index (χ4v) is 3.43. The predicted molar refractivity (Wildman–Crippen MR) is 92.6 cm³/mol. The van der Waals surface area contributed by atoms with Crippen LogP contribution in [0.1, 0.15) is 37.4 Å². The van der Waals surface area contributed by atoms with Crippen LogP contribution in [0.2, 0.25) is 0 Å². The minimum atomic E-state index is -4.80. The number of nitrogens with zero attached hydrogens (tertiary/aromatic N) is 2. The number of hydrogen-bond acceptors (Lipinski definition) is 3. The Balaban J connectivity index is 2.23. The molecule has 2 N–H and O–H groups in total. The van der Waals surface area contributed by atoms with Gasteiger partial charge in [0.15, 0.2) is 11.2 Å². The normalized spacial score (nSPS) is 16.0. The van der Waals surface area contributed by atoms with Crippen molar-refractivity contribution < 1.29 is 18.3 Å². The smallest absolute Gasteiger partial charge is 0.380 e. The van der Waals surface area contributed by atoms with Gasteiger partial charge in [0, 0.05) is 11.1 Å². The molecule has 0 amide bonds. The van der Waals surface area contributed by atoms with Gasteiger partial charge in [-0.2, -0.15) is 18.3 Å². The van der Waals surface area contributed by atoms with Gasteiger partial charge in [-0.05, 0) is 30.0 Å². The minimum Gasteiger partial charge on any atom is -0.380 e. The van der Waals surface area contributed by atoms with Gasteiger partial charge >= 0.3 is 6.18 Å². The second-order valence-electron chi connectivity index (χ2n) is 6.92. The van der Waals surface area contributed by atoms with Gasteiger partial charge in [0.05, 0.1) is 12.1 Å². The number of nitrogens with one attached hydrogen (secondary N) is 1. The molecule has 0 aliphatic rings. The molecule has 2 aromatic heterocycles. The third-order valence-corrected chi connectivity index (χ3v) is 4.46. The molecule has 0 saturated heterocycles. The van der Waals surface area contributed by atoms with Crippen molar-refractivity contribution in [3.8, 4) is 0 Å². The molecule has 0 bridgehead atoms. The number of H-pyrrole nitrogens is 1. The topological polar surface area (TPSA) is 61.8 Å². The zero-order valence-corrected chi connectivity index (χ0v) is 14.5. The maximum atomic E-state index is 14.0. The summed E-state index contributed by atoms with van der Waals surface area (Å²) >= 11 is 0. The third kappa shape index (κ3) is 3.31. The molecule has 0 aliphatic heterocycles. The Morgan fingerprint density at radius 3 is 2.38 bits per heavy atom. The average Bonchev–Trinajstić information content (AvgIpc) is 2.97. The average molecular weight is 363 g/mol. The van der Waals surface area contributed by atoms with Crippen LogP contribution in [0.25, 0.3) is 11.0 Å². The van der Waals surface area contributed by atoms with E-state index < -0.39 is 24.1 Å². The van der Waals surface area contributed by atoms with Crippen LogP contribution >= 0.6 is 0 Å². The highest BCUT2D eigenvalue weighted by Gasteiger charge is 2.59. The van der Waals surface area contributed by atoms with E-state index in [4.69, 9.17) is 0 Å². The Morgan fingerprint density at radius 1 is 1.12 bits per heavy atom. The summed E-state index contributed by atoms with van der Waals surface area (Å²) in [6.07, 6.45) is -3.75. The summed E-state index contributed by atoms with van der Waals surface area (Å²) in [5.74, 6) is -1.66. The first-order valence-corrected chi connectivity index (χ1v) is 8.36. The molecule has 0 fully saturated rings. The second-order valence-corrected chi connectivity index (χ2v) is 6.92. The Labute approximate surface area is 149 Å². The molecule has 26 heavy (non-hydrogen) atoms. The van der Waals surface area contributed by atoms with E-state index in [1.807, 2.05) is 0 Å². The lowest BCUT2D eigenvalue weighted by atomic mass is 9.75. The summed E-state index contributed by atoms with van der Waals surface area (Å²) in [7, 11) is 0. The number of fused-ring (bicyclic) bond motifs is 1. The van der Waals surface area contributed by atoms with Gasteiger partial charge in [-0.25, -0.2) is 0 Å². The predicted octanol–water partition coefficient (Wildman–Crippen LogP) is 4.43. The van der Waals surface area contributed by atoms with E-state index in [2.05, 4.69) is 15.2 Å². The number of aliphatic hydroxyl groups is 1. The number of benzene rings is 1. The molecule has 0 spiro atoms. The zero-order chi connectivity index (χ0) is 18.9. The van der Waals surface area contributed by atoms with E-state index in [0.29, 0.717) is 16.6 Å². The second kappa shape index (κ2) is 6.72. The zero-order valence-electron chi connectivity index (χ0n) is 14.5. The molecule has 7 heteroatoms. The standard InChI is InChI=1S/C19H20F3N3O/c1-12(2)11-18(26,19(20,21)22)16(13-6-4-3-5-7-13)15-10-14-8-9-23-25-17(14)24-15/h3-10,12,16,26H,11H2,1-2H3,(H,24,25). The number of aromatic nitrogens is 3. The summed E-state index contributed by atoms with van der Waals surface area (Å²) < 4.78 is 42.1. The van der Waals surface area contributed by atoms with Crippen molar-refractivity contribution in [1.29, 1.82) is 0 Å². The first kappa shape index (κ1) is 18.4. The first-order chi connectivity index (χ1) is 12.2. The molecule has 0 radical (unpaired) electrons. The highest BCUT2D eigenvalue weighted by atomic mass is 19.4. The lowest BCUT2D eigenvalue weighted by Crippen LogP contribution is -2.51. The maximum absolute atomic E-state index is 14.0. The molecule has 2 atom stereocenters. The molecule has 2 unspecified atom stereocenters. The molecular weight excluding hydrogens is 343 g/mol. The fourth-order valence-electron chi connectivity index (χ4n) is 3.43. The van der Waals surface area contributed by atoms with Crippen LogP contribution in [0.15, 0.2) is 48.7 Å². The van der Waals surface area contributed by atoms with Crippen LogP contribution in [0.5, 0.6) is 0 Å². The van der Waals surface area contributed by atoms with Gasteiger partial charge in [0.2, 0.25) is 0 Å². The van der Waals surface area contributed by atoms with Crippen LogP contribution in [0, 0.1) is 5.92 Å². The number of rotatable bonds is 5. The third-order valence-electron chi connectivity index (χ3n) is 4.46. The molecule has 4 nitrogen and oxygen atoms in total. The fraction of sp³-hybridized carbons (Fsp3) is 0.368. The molecular formula is C19H20F3N3O. The Hall–Kier alpha value is -2.41. The van der Waals surface area contributed by atoms with Gasteiger partial charge in [-0.15, -0.1) is 5.10 Å². The highest BCUT2D eigenvalue weighted by Crippen LogP contribution is 2.48. The van der Waals surface area contributed by atoms with Gasteiger partial charge in [-0.1, -0.05) is 44.2 Å².